The predicted molar refractivity (Wildman–Crippen MR) is 189 cm³/mol. The molecule has 4 aliphatic carbocycles. The molecule has 8 atom stereocenters. The molecule has 2 saturated carbocycles. The zero-order valence-electron chi connectivity index (χ0n) is 29.5. The number of aliphatic hydroxyl groups is 1. The highest BCUT2D eigenvalue weighted by Gasteiger charge is 2.68. The van der Waals surface area contributed by atoms with Gasteiger partial charge in [0.1, 0.15) is 17.6 Å². The summed E-state index contributed by atoms with van der Waals surface area (Å²) >= 11 is 0. The van der Waals surface area contributed by atoms with Gasteiger partial charge in [0.05, 0.1) is 28.5 Å². The van der Waals surface area contributed by atoms with Gasteiger partial charge in [-0.25, -0.2) is 0 Å². The van der Waals surface area contributed by atoms with E-state index in [-0.39, 0.29) is 34.0 Å². The minimum atomic E-state index is -0.776. The molecule has 0 bridgehead atoms. The van der Waals surface area contributed by atoms with Crippen LogP contribution in [0, 0.1) is 28.6 Å². The number of hydrogen-bond acceptors (Lipinski definition) is 4. The molecule has 6 aliphatic rings. The maximum absolute atomic E-state index is 12.3. The molecular formula is C42H51NO4. The van der Waals surface area contributed by atoms with Crippen molar-refractivity contribution >= 4 is 27.4 Å². The Morgan fingerprint density at radius 1 is 1.09 bits per heavy atom. The third-order valence-electron chi connectivity index (χ3n) is 14.7. The first kappa shape index (κ1) is 30.1. The van der Waals surface area contributed by atoms with Crippen molar-refractivity contribution < 1.29 is 19.7 Å². The van der Waals surface area contributed by atoms with Crippen molar-refractivity contribution in [2.45, 2.75) is 123 Å². The summed E-state index contributed by atoms with van der Waals surface area (Å²) in [5.74, 6) is 2.02. The third kappa shape index (κ3) is 3.30. The molecule has 0 amide bonds. The Bertz CT molecular complexity index is 2010. The summed E-state index contributed by atoms with van der Waals surface area (Å²) in [5, 5.41) is 26.5. The van der Waals surface area contributed by atoms with Crippen molar-refractivity contribution in [2.24, 2.45) is 28.6 Å². The van der Waals surface area contributed by atoms with Gasteiger partial charge >= 0.3 is 0 Å². The van der Waals surface area contributed by atoms with E-state index in [0.717, 1.165) is 70.3 Å². The van der Waals surface area contributed by atoms with Crippen molar-refractivity contribution in [1.29, 1.82) is 0 Å². The summed E-state index contributed by atoms with van der Waals surface area (Å²) < 4.78 is 15.6. The van der Waals surface area contributed by atoms with E-state index in [4.69, 9.17) is 9.47 Å². The number of allylic oxidation sites excluding steroid dienone is 3. The van der Waals surface area contributed by atoms with Crippen LogP contribution in [0.3, 0.4) is 0 Å². The average Bonchev–Trinajstić information content (AvgIpc) is 3.65. The van der Waals surface area contributed by atoms with Gasteiger partial charge in [0.25, 0.3) is 0 Å². The second-order valence-electron chi connectivity index (χ2n) is 17.9. The van der Waals surface area contributed by atoms with E-state index in [1.807, 2.05) is 13.0 Å². The van der Waals surface area contributed by atoms with Crippen molar-refractivity contribution in [1.82, 2.24) is 4.40 Å². The summed E-state index contributed by atoms with van der Waals surface area (Å²) in [5.41, 5.74) is 7.58. The van der Waals surface area contributed by atoms with Gasteiger partial charge in [0.2, 0.25) is 0 Å². The van der Waals surface area contributed by atoms with Crippen LogP contribution in [0.2, 0.25) is 0 Å². The van der Waals surface area contributed by atoms with E-state index in [1.165, 1.54) is 29.5 Å². The lowest BCUT2D eigenvalue weighted by molar-refractivity contribution is -0.173. The van der Waals surface area contributed by atoms with Gasteiger partial charge in [-0.3, -0.25) is 0 Å². The molecule has 2 N–H and O–H groups in total. The van der Waals surface area contributed by atoms with Crippen LogP contribution in [0.15, 0.2) is 43.2 Å². The smallest absolute Gasteiger partial charge is 0.149 e. The SMILES string of the molecule is C=CC1=CC[C@@]2(C)C3CCC4Cc5c(n6c(C(=C)C)c(O)c7c8c(cc5c76)C5=CC(C)(C)OC(C)(C)C5[C@@H]8O)C4(C)[C@@]3(C)CC[C@@H]2O1. The quantitative estimate of drug-likeness (QED) is 0.295. The fourth-order valence-corrected chi connectivity index (χ4v) is 12.9. The monoisotopic (exact) mass is 633 g/mol. The van der Waals surface area contributed by atoms with Gasteiger partial charge in [0, 0.05) is 38.8 Å². The van der Waals surface area contributed by atoms with Crippen molar-refractivity contribution in [3.63, 3.8) is 0 Å². The Labute approximate surface area is 279 Å². The van der Waals surface area contributed by atoms with Gasteiger partial charge in [-0.15, -0.1) is 0 Å². The minimum Gasteiger partial charge on any atom is -0.505 e. The number of aliphatic hydroxyl groups excluding tert-OH is 1. The maximum atomic E-state index is 12.3. The standard InChI is InChI=1S/C42H51NO4/c1-11-23-14-16-40(8)28-13-12-22-18-26-25-19-24-27-20-38(4,5)47-39(6,7)32(27)35(44)30(24)31-34(25)43(33(21(2)3)36(31)45)37(26)42(22,10)41(28,9)17-15-29(40)46-23/h11,14,19-20,22,28-29,32,35,44-45H,1-2,12-13,15-18H2,3-10H3/t22?,28?,29-,32?,35+,40-,41-,42?/m0/s1. The fourth-order valence-electron chi connectivity index (χ4n) is 12.9. The lowest BCUT2D eigenvalue weighted by Crippen LogP contribution is -2.63. The highest BCUT2D eigenvalue weighted by atomic mass is 16.5. The second kappa shape index (κ2) is 8.76. The summed E-state index contributed by atoms with van der Waals surface area (Å²) in [4.78, 5) is 0. The van der Waals surface area contributed by atoms with Gasteiger partial charge in [-0.1, -0.05) is 33.9 Å². The van der Waals surface area contributed by atoms with Crippen molar-refractivity contribution in [3.05, 3.63) is 71.3 Å². The maximum Gasteiger partial charge on any atom is 0.149 e. The number of nitrogens with zero attached hydrogens (tertiary/aromatic N) is 1. The van der Waals surface area contributed by atoms with E-state index in [2.05, 4.69) is 84.2 Å². The van der Waals surface area contributed by atoms with Gasteiger partial charge in [-0.2, -0.15) is 0 Å². The molecule has 1 aromatic carbocycles. The molecule has 2 fully saturated rings. The van der Waals surface area contributed by atoms with E-state index in [0.29, 0.717) is 11.8 Å². The van der Waals surface area contributed by atoms with Crippen LogP contribution in [0.25, 0.3) is 27.4 Å². The summed E-state index contributed by atoms with van der Waals surface area (Å²) in [6, 6.07) is 2.37. The van der Waals surface area contributed by atoms with Crippen LogP contribution in [0.4, 0.5) is 0 Å². The molecule has 248 valence electrons. The normalized spacial score (nSPS) is 39.2. The van der Waals surface area contributed by atoms with Crippen LogP contribution in [0.5, 0.6) is 5.75 Å². The lowest BCUT2D eigenvalue weighted by Gasteiger charge is -2.65. The van der Waals surface area contributed by atoms with Gasteiger partial charge in [0.15, 0.2) is 0 Å². The van der Waals surface area contributed by atoms with E-state index in [1.54, 1.807) is 0 Å². The number of ether oxygens (including phenoxy) is 2. The largest absolute Gasteiger partial charge is 0.505 e. The van der Waals surface area contributed by atoms with Crippen LogP contribution in [-0.4, -0.2) is 31.9 Å². The van der Waals surface area contributed by atoms with Gasteiger partial charge in [-0.05, 0) is 137 Å². The molecule has 0 spiro atoms. The number of rotatable bonds is 2. The van der Waals surface area contributed by atoms with E-state index < -0.39 is 17.3 Å². The number of benzene rings is 1. The molecule has 0 saturated heterocycles. The molecule has 9 rings (SSSR count). The zero-order valence-corrected chi connectivity index (χ0v) is 29.5. The molecule has 2 aliphatic heterocycles. The lowest BCUT2D eigenvalue weighted by atomic mass is 9.40. The molecule has 4 heterocycles. The second-order valence-corrected chi connectivity index (χ2v) is 17.9. The topological polar surface area (TPSA) is 63.3 Å². The summed E-state index contributed by atoms with van der Waals surface area (Å²) in [6.45, 7) is 26.5. The molecule has 2 aromatic heterocycles. The molecular weight excluding hydrogens is 582 g/mol. The zero-order chi connectivity index (χ0) is 33.4. The highest BCUT2D eigenvalue weighted by molar-refractivity contribution is 6.11. The minimum absolute atomic E-state index is 0.0480. The number of fused-ring (bicyclic) bond motifs is 13. The van der Waals surface area contributed by atoms with Crippen LogP contribution in [-0.2, 0) is 21.3 Å². The Hall–Kier alpha value is -3.02. The van der Waals surface area contributed by atoms with Crippen LogP contribution < -0.4 is 0 Å². The first-order valence-corrected chi connectivity index (χ1v) is 18.0. The average molecular weight is 634 g/mol. The predicted octanol–water partition coefficient (Wildman–Crippen LogP) is 9.41. The van der Waals surface area contributed by atoms with Crippen LogP contribution >= 0.6 is 0 Å². The van der Waals surface area contributed by atoms with E-state index >= 15 is 0 Å². The Kier molecular flexibility index (Phi) is 5.61. The Morgan fingerprint density at radius 3 is 2.53 bits per heavy atom. The highest BCUT2D eigenvalue weighted by Crippen LogP contribution is 2.72. The number of aromatic hydroxyl groups is 1. The molecule has 47 heavy (non-hydrogen) atoms. The van der Waals surface area contributed by atoms with Crippen molar-refractivity contribution in [2.75, 3.05) is 0 Å². The summed E-state index contributed by atoms with van der Waals surface area (Å²) in [6.07, 6.45) is 12.4. The fraction of sp³-hybridized carbons (Fsp3) is 0.571. The molecule has 4 unspecified atom stereocenters. The first-order chi connectivity index (χ1) is 22.0. The summed E-state index contributed by atoms with van der Waals surface area (Å²) in [7, 11) is 0. The molecule has 0 radical (unpaired) electrons. The number of aromatic nitrogens is 1. The third-order valence-corrected chi connectivity index (χ3v) is 14.7. The van der Waals surface area contributed by atoms with Gasteiger partial charge < -0.3 is 24.1 Å². The Morgan fingerprint density at radius 2 is 1.83 bits per heavy atom. The molecule has 3 aromatic rings. The van der Waals surface area contributed by atoms with E-state index in [9.17, 15) is 10.2 Å². The molecule has 5 heteroatoms. The molecule has 5 nitrogen and oxygen atoms in total. The van der Waals surface area contributed by atoms with Crippen LogP contribution in [0.1, 0.15) is 122 Å². The number of hydrogen-bond donors (Lipinski definition) is 2. The Balaban J connectivity index is 1.32. The first-order valence-electron chi connectivity index (χ1n) is 18.0. The van der Waals surface area contributed by atoms with Crippen molar-refractivity contribution in [3.8, 4) is 5.75 Å².